The number of para-hydroxylation sites is 1. The fourth-order valence-electron chi connectivity index (χ4n) is 2.71. The van der Waals surface area contributed by atoms with E-state index in [2.05, 4.69) is 22.8 Å². The van der Waals surface area contributed by atoms with E-state index < -0.39 is 0 Å². The molecule has 24 heavy (non-hydrogen) atoms. The molecule has 128 valence electrons. The van der Waals surface area contributed by atoms with Crippen LogP contribution < -0.4 is 10.6 Å². The van der Waals surface area contributed by atoms with Gasteiger partial charge in [0.25, 0.3) is 0 Å². The van der Waals surface area contributed by atoms with E-state index in [-0.39, 0.29) is 18.1 Å². The number of benzene rings is 2. The third-order valence-corrected chi connectivity index (χ3v) is 3.86. The quantitative estimate of drug-likeness (QED) is 0.724. The van der Waals surface area contributed by atoms with Crippen molar-refractivity contribution in [2.24, 2.45) is 5.92 Å². The lowest BCUT2D eigenvalue weighted by Gasteiger charge is -2.16. The molecule has 2 atom stereocenters. The van der Waals surface area contributed by atoms with E-state index in [0.29, 0.717) is 13.0 Å². The zero-order valence-electron chi connectivity index (χ0n) is 14.3. The number of urea groups is 1. The Kier molecular flexibility index (Phi) is 6.82. The number of hydrogen-bond donors (Lipinski definition) is 3. The minimum Gasteiger partial charge on any atom is -0.393 e. The lowest BCUT2D eigenvalue weighted by atomic mass is 10.0. The molecule has 2 amide bonds. The van der Waals surface area contributed by atoms with Crippen LogP contribution in [-0.4, -0.2) is 23.8 Å². The van der Waals surface area contributed by atoms with Gasteiger partial charge in [-0.2, -0.15) is 0 Å². The molecule has 4 nitrogen and oxygen atoms in total. The summed E-state index contributed by atoms with van der Waals surface area (Å²) in [7, 11) is 0. The largest absolute Gasteiger partial charge is 0.393 e. The number of nitrogens with one attached hydrogen (secondary N) is 2. The third kappa shape index (κ3) is 6.05. The van der Waals surface area contributed by atoms with Crippen LogP contribution in [0.25, 0.3) is 0 Å². The van der Waals surface area contributed by atoms with Crippen molar-refractivity contribution in [2.45, 2.75) is 32.8 Å². The summed E-state index contributed by atoms with van der Waals surface area (Å²) in [6.45, 7) is 4.31. The van der Waals surface area contributed by atoms with Gasteiger partial charge in [0, 0.05) is 12.2 Å². The first kappa shape index (κ1) is 18.0. The fourth-order valence-corrected chi connectivity index (χ4v) is 2.71. The molecular weight excluding hydrogens is 300 g/mol. The lowest BCUT2D eigenvalue weighted by Crippen LogP contribution is -2.33. The molecule has 0 radical (unpaired) electrons. The van der Waals surface area contributed by atoms with Gasteiger partial charge in [-0.1, -0.05) is 55.5 Å². The van der Waals surface area contributed by atoms with Crippen LogP contribution in [0.3, 0.4) is 0 Å². The van der Waals surface area contributed by atoms with Gasteiger partial charge in [0.1, 0.15) is 0 Å². The maximum Gasteiger partial charge on any atom is 0.319 e. The first-order valence-electron chi connectivity index (χ1n) is 8.39. The summed E-state index contributed by atoms with van der Waals surface area (Å²) in [5.41, 5.74) is 3.11. The number of aliphatic hydroxyl groups is 1. The second-order valence-electron chi connectivity index (χ2n) is 6.34. The van der Waals surface area contributed by atoms with Crippen LogP contribution in [0, 0.1) is 5.92 Å². The van der Waals surface area contributed by atoms with E-state index in [4.69, 9.17) is 0 Å². The number of amides is 2. The van der Waals surface area contributed by atoms with Gasteiger partial charge in [-0.15, -0.1) is 0 Å². The second kappa shape index (κ2) is 9.08. The molecule has 2 aromatic rings. The van der Waals surface area contributed by atoms with Crippen molar-refractivity contribution in [2.75, 3.05) is 11.9 Å². The molecular formula is C20H26N2O2. The standard InChI is InChI=1S/C20H26N2O2/c1-15(12-16(2)23)14-21-20(24)22-19-11-7-6-10-18(19)13-17-8-4-3-5-9-17/h3-11,15-16,23H,12-14H2,1-2H3,(H2,21,22,24). The Morgan fingerprint density at radius 1 is 1.04 bits per heavy atom. The van der Waals surface area contributed by atoms with Crippen LogP contribution in [0.4, 0.5) is 10.5 Å². The molecule has 3 N–H and O–H groups in total. The summed E-state index contributed by atoms with van der Waals surface area (Å²) in [5, 5.41) is 15.2. The highest BCUT2D eigenvalue weighted by Gasteiger charge is 2.10. The van der Waals surface area contributed by atoms with Crippen molar-refractivity contribution in [3.63, 3.8) is 0 Å². The molecule has 0 aliphatic heterocycles. The molecule has 0 saturated carbocycles. The van der Waals surface area contributed by atoms with Crippen LogP contribution >= 0.6 is 0 Å². The summed E-state index contributed by atoms with van der Waals surface area (Å²) in [6, 6.07) is 17.8. The Labute approximate surface area is 143 Å². The Balaban J connectivity index is 1.93. The molecule has 0 spiro atoms. The topological polar surface area (TPSA) is 61.4 Å². The number of aliphatic hydroxyl groups excluding tert-OH is 1. The number of carbonyl (C=O) groups is 1. The summed E-state index contributed by atoms with van der Waals surface area (Å²) >= 11 is 0. The third-order valence-electron chi connectivity index (χ3n) is 3.86. The fraction of sp³-hybridized carbons (Fsp3) is 0.350. The van der Waals surface area contributed by atoms with Crippen molar-refractivity contribution in [1.82, 2.24) is 5.32 Å². The molecule has 0 aliphatic carbocycles. The maximum atomic E-state index is 12.1. The monoisotopic (exact) mass is 326 g/mol. The van der Waals surface area contributed by atoms with Gasteiger partial charge in [0.2, 0.25) is 0 Å². The van der Waals surface area contributed by atoms with Crippen LogP contribution in [0.1, 0.15) is 31.4 Å². The Hall–Kier alpha value is -2.33. The molecule has 0 aromatic heterocycles. The van der Waals surface area contributed by atoms with Crippen molar-refractivity contribution in [1.29, 1.82) is 0 Å². The minimum atomic E-state index is -0.351. The maximum absolute atomic E-state index is 12.1. The first-order chi connectivity index (χ1) is 11.5. The molecule has 0 bridgehead atoms. The average Bonchev–Trinajstić information content (AvgIpc) is 2.55. The molecule has 0 fully saturated rings. The van der Waals surface area contributed by atoms with Gasteiger partial charge < -0.3 is 15.7 Å². The van der Waals surface area contributed by atoms with Crippen LogP contribution in [-0.2, 0) is 6.42 Å². The average molecular weight is 326 g/mol. The summed E-state index contributed by atoms with van der Waals surface area (Å²) in [5.74, 6) is 0.232. The molecule has 0 aliphatic rings. The summed E-state index contributed by atoms with van der Waals surface area (Å²) in [6.07, 6.45) is 1.09. The zero-order chi connectivity index (χ0) is 17.4. The smallest absolute Gasteiger partial charge is 0.319 e. The lowest BCUT2D eigenvalue weighted by molar-refractivity contribution is 0.163. The van der Waals surface area contributed by atoms with E-state index >= 15 is 0 Å². The molecule has 0 heterocycles. The van der Waals surface area contributed by atoms with Crippen LogP contribution in [0.2, 0.25) is 0 Å². The highest BCUT2D eigenvalue weighted by molar-refractivity contribution is 5.90. The molecule has 0 saturated heterocycles. The van der Waals surface area contributed by atoms with Gasteiger partial charge >= 0.3 is 6.03 Å². The van der Waals surface area contributed by atoms with E-state index in [1.54, 1.807) is 6.92 Å². The molecule has 4 heteroatoms. The zero-order valence-corrected chi connectivity index (χ0v) is 14.3. The van der Waals surface area contributed by atoms with Crippen LogP contribution in [0.5, 0.6) is 0 Å². The molecule has 2 rings (SSSR count). The van der Waals surface area contributed by atoms with Gasteiger partial charge in [-0.25, -0.2) is 4.79 Å². The summed E-state index contributed by atoms with van der Waals surface area (Å²) in [4.78, 5) is 12.1. The van der Waals surface area contributed by atoms with Crippen molar-refractivity contribution in [3.05, 3.63) is 65.7 Å². The minimum absolute atomic E-state index is 0.215. The second-order valence-corrected chi connectivity index (χ2v) is 6.34. The van der Waals surface area contributed by atoms with Gasteiger partial charge in [-0.3, -0.25) is 0 Å². The number of rotatable bonds is 7. The normalized spacial score (nSPS) is 13.1. The van der Waals surface area contributed by atoms with E-state index in [1.807, 2.05) is 49.4 Å². The highest BCUT2D eigenvalue weighted by Crippen LogP contribution is 2.19. The van der Waals surface area contributed by atoms with E-state index in [0.717, 1.165) is 17.7 Å². The predicted octanol–water partition coefficient (Wildman–Crippen LogP) is 3.81. The Bertz CT molecular complexity index is 641. The number of hydrogen-bond acceptors (Lipinski definition) is 2. The molecule has 2 unspecified atom stereocenters. The van der Waals surface area contributed by atoms with Gasteiger partial charge in [0.05, 0.1) is 6.10 Å². The van der Waals surface area contributed by atoms with E-state index in [1.165, 1.54) is 5.56 Å². The summed E-state index contributed by atoms with van der Waals surface area (Å²) < 4.78 is 0. The van der Waals surface area contributed by atoms with Crippen LogP contribution in [0.15, 0.2) is 54.6 Å². The number of anilines is 1. The molecule has 2 aromatic carbocycles. The van der Waals surface area contributed by atoms with Gasteiger partial charge in [0.15, 0.2) is 0 Å². The van der Waals surface area contributed by atoms with E-state index in [9.17, 15) is 9.90 Å². The van der Waals surface area contributed by atoms with Gasteiger partial charge in [-0.05, 0) is 42.9 Å². The predicted molar refractivity (Wildman–Crippen MR) is 98.2 cm³/mol. The van der Waals surface area contributed by atoms with Crippen molar-refractivity contribution in [3.8, 4) is 0 Å². The Morgan fingerprint density at radius 2 is 1.71 bits per heavy atom. The first-order valence-corrected chi connectivity index (χ1v) is 8.39. The SMILES string of the molecule is CC(O)CC(C)CNC(=O)Nc1ccccc1Cc1ccccc1. The highest BCUT2D eigenvalue weighted by atomic mass is 16.3. The van der Waals surface area contributed by atoms with Crippen molar-refractivity contribution >= 4 is 11.7 Å². The number of carbonyl (C=O) groups excluding carboxylic acids is 1. The Morgan fingerprint density at radius 3 is 2.42 bits per heavy atom. The van der Waals surface area contributed by atoms with Crippen molar-refractivity contribution < 1.29 is 9.90 Å².